The summed E-state index contributed by atoms with van der Waals surface area (Å²) in [5, 5.41) is 9.07. The predicted molar refractivity (Wildman–Crippen MR) is 76.6 cm³/mol. The van der Waals surface area contributed by atoms with Crippen molar-refractivity contribution in [1.29, 1.82) is 0 Å². The number of likely N-dealkylation sites (tertiary alicyclic amines) is 1. The third-order valence-corrected chi connectivity index (χ3v) is 4.15. The molecule has 1 fully saturated rings. The molecule has 3 N–H and O–H groups in total. The van der Waals surface area contributed by atoms with Crippen LogP contribution in [0.1, 0.15) is 37.8 Å². The van der Waals surface area contributed by atoms with Gasteiger partial charge in [-0.2, -0.15) is 0 Å². The molecule has 19 heavy (non-hydrogen) atoms. The van der Waals surface area contributed by atoms with Crippen molar-refractivity contribution in [2.24, 2.45) is 11.7 Å². The molecule has 0 aliphatic carbocycles. The second-order valence-corrected chi connectivity index (χ2v) is 5.47. The molecule has 4 nitrogen and oxygen atoms in total. The van der Waals surface area contributed by atoms with E-state index in [2.05, 4.69) is 22.9 Å². The van der Waals surface area contributed by atoms with Crippen molar-refractivity contribution in [1.82, 2.24) is 9.88 Å². The Balaban J connectivity index is 2.11. The molecular weight excluding hydrogens is 238 g/mol. The summed E-state index contributed by atoms with van der Waals surface area (Å²) in [5.41, 5.74) is 7.54. The molecule has 1 aromatic heterocycles. The average Bonchev–Trinajstić information content (AvgIpc) is 2.89. The van der Waals surface area contributed by atoms with Crippen LogP contribution in [0, 0.1) is 5.92 Å². The molecule has 1 aliphatic heterocycles. The van der Waals surface area contributed by atoms with Crippen LogP contribution < -0.4 is 5.73 Å². The van der Waals surface area contributed by atoms with Gasteiger partial charge in [-0.05, 0) is 43.4 Å². The zero-order valence-corrected chi connectivity index (χ0v) is 11.7. The Morgan fingerprint density at radius 3 is 3.05 bits per heavy atom. The van der Waals surface area contributed by atoms with Gasteiger partial charge >= 0.3 is 0 Å². The van der Waals surface area contributed by atoms with Gasteiger partial charge in [-0.25, -0.2) is 0 Å². The van der Waals surface area contributed by atoms with Gasteiger partial charge in [-0.1, -0.05) is 13.0 Å². The molecule has 0 spiro atoms. The molecule has 106 valence electrons. The van der Waals surface area contributed by atoms with Crippen molar-refractivity contribution in [2.45, 2.75) is 38.3 Å². The van der Waals surface area contributed by atoms with Gasteiger partial charge in [0.2, 0.25) is 0 Å². The maximum Gasteiger partial charge on any atom is 0.0514 e. The number of hydrogen-bond donors (Lipinski definition) is 2. The van der Waals surface area contributed by atoms with Crippen LogP contribution in [0.25, 0.3) is 0 Å². The van der Waals surface area contributed by atoms with E-state index >= 15 is 0 Å². The van der Waals surface area contributed by atoms with E-state index in [1.807, 2.05) is 12.3 Å². The minimum absolute atomic E-state index is 0.136. The predicted octanol–water partition coefficient (Wildman–Crippen LogP) is 1.56. The molecule has 3 unspecified atom stereocenters. The lowest BCUT2D eigenvalue weighted by Crippen LogP contribution is -2.39. The van der Waals surface area contributed by atoms with Crippen molar-refractivity contribution in [3.05, 3.63) is 30.1 Å². The highest BCUT2D eigenvalue weighted by Gasteiger charge is 2.31. The van der Waals surface area contributed by atoms with Crippen LogP contribution in [-0.2, 0) is 0 Å². The van der Waals surface area contributed by atoms with Crippen LogP contribution in [0.4, 0.5) is 0 Å². The number of pyridine rings is 1. The van der Waals surface area contributed by atoms with Crippen molar-refractivity contribution in [3.63, 3.8) is 0 Å². The fourth-order valence-electron chi connectivity index (χ4n) is 3.04. The summed E-state index contributed by atoms with van der Waals surface area (Å²) >= 11 is 0. The quantitative estimate of drug-likeness (QED) is 0.817. The molecule has 2 rings (SSSR count). The van der Waals surface area contributed by atoms with Gasteiger partial charge in [0, 0.05) is 31.6 Å². The Morgan fingerprint density at radius 1 is 1.58 bits per heavy atom. The summed E-state index contributed by atoms with van der Waals surface area (Å²) in [7, 11) is 0. The monoisotopic (exact) mass is 263 g/mol. The smallest absolute Gasteiger partial charge is 0.0514 e. The number of nitrogens with zero attached hydrogens (tertiary/aromatic N) is 2. The third-order valence-electron chi connectivity index (χ3n) is 4.15. The molecule has 1 aromatic rings. The summed E-state index contributed by atoms with van der Waals surface area (Å²) in [6.45, 7) is 4.52. The number of aliphatic hydroxyl groups is 1. The highest BCUT2D eigenvalue weighted by molar-refractivity contribution is 5.17. The highest BCUT2D eigenvalue weighted by atomic mass is 16.3. The Kier molecular flexibility index (Phi) is 5.31. The van der Waals surface area contributed by atoms with Crippen LogP contribution in [0.2, 0.25) is 0 Å². The van der Waals surface area contributed by atoms with Gasteiger partial charge in [0.1, 0.15) is 0 Å². The molecule has 0 bridgehead atoms. The van der Waals surface area contributed by atoms with Gasteiger partial charge in [0.05, 0.1) is 6.04 Å². The first-order valence-electron chi connectivity index (χ1n) is 7.26. The number of nitrogens with two attached hydrogens (primary N) is 1. The first kappa shape index (κ1) is 14.4. The van der Waals surface area contributed by atoms with Crippen molar-refractivity contribution < 1.29 is 5.11 Å². The number of aliphatic hydroxyl groups excluding tert-OH is 1. The van der Waals surface area contributed by atoms with E-state index in [1.54, 1.807) is 6.20 Å². The van der Waals surface area contributed by atoms with E-state index in [0.717, 1.165) is 32.4 Å². The number of rotatable bonds is 6. The lowest BCUT2D eigenvalue weighted by Gasteiger charge is -2.32. The Labute approximate surface area is 115 Å². The molecule has 0 amide bonds. The molecule has 0 radical (unpaired) electrons. The Morgan fingerprint density at radius 2 is 2.42 bits per heavy atom. The topological polar surface area (TPSA) is 62.4 Å². The first-order chi connectivity index (χ1) is 9.26. The summed E-state index contributed by atoms with van der Waals surface area (Å²) in [5.74, 6) is 0.605. The largest absolute Gasteiger partial charge is 0.396 e. The molecule has 4 heteroatoms. The average molecular weight is 263 g/mol. The molecule has 2 heterocycles. The maximum atomic E-state index is 9.07. The zero-order valence-electron chi connectivity index (χ0n) is 11.7. The van der Waals surface area contributed by atoms with Gasteiger partial charge < -0.3 is 10.8 Å². The van der Waals surface area contributed by atoms with Crippen molar-refractivity contribution in [2.75, 3.05) is 19.7 Å². The minimum Gasteiger partial charge on any atom is -0.396 e. The zero-order chi connectivity index (χ0) is 13.7. The van der Waals surface area contributed by atoms with Crippen molar-refractivity contribution >= 4 is 0 Å². The molecule has 1 aliphatic rings. The molecule has 0 aromatic carbocycles. The van der Waals surface area contributed by atoms with Crippen LogP contribution >= 0.6 is 0 Å². The SMILES string of the molecule is CCC(N)C(c1cccnc1)N1CCC(CCO)C1. The van der Waals surface area contributed by atoms with Crippen molar-refractivity contribution in [3.8, 4) is 0 Å². The van der Waals surface area contributed by atoms with E-state index in [9.17, 15) is 0 Å². The fraction of sp³-hybridized carbons (Fsp3) is 0.667. The maximum absolute atomic E-state index is 9.07. The molecule has 0 saturated carbocycles. The van der Waals surface area contributed by atoms with E-state index < -0.39 is 0 Å². The first-order valence-corrected chi connectivity index (χ1v) is 7.26. The van der Waals surface area contributed by atoms with Crippen LogP contribution in [0.15, 0.2) is 24.5 Å². The molecule has 1 saturated heterocycles. The molecular formula is C15H25N3O. The Hall–Kier alpha value is -0.970. The second kappa shape index (κ2) is 6.98. The fourth-order valence-corrected chi connectivity index (χ4v) is 3.04. The Bertz CT molecular complexity index is 371. The summed E-state index contributed by atoms with van der Waals surface area (Å²) in [6, 6.07) is 4.48. The van der Waals surface area contributed by atoms with Gasteiger partial charge in [0.25, 0.3) is 0 Å². The normalized spacial score (nSPS) is 23.4. The lowest BCUT2D eigenvalue weighted by atomic mass is 9.98. The number of aromatic nitrogens is 1. The standard InChI is InChI=1S/C15H25N3O/c1-2-14(16)15(13-4-3-7-17-10-13)18-8-5-12(11-18)6-9-19/h3-4,7,10,12,14-15,19H,2,5-6,8-9,11,16H2,1H3. The van der Waals surface area contributed by atoms with Crippen LogP contribution in [0.3, 0.4) is 0 Å². The second-order valence-electron chi connectivity index (χ2n) is 5.47. The van der Waals surface area contributed by atoms with Gasteiger partial charge in [0.15, 0.2) is 0 Å². The van der Waals surface area contributed by atoms with E-state index in [-0.39, 0.29) is 18.7 Å². The minimum atomic E-state index is 0.136. The molecule has 3 atom stereocenters. The summed E-state index contributed by atoms with van der Waals surface area (Å²) < 4.78 is 0. The van der Waals surface area contributed by atoms with Crippen LogP contribution in [0.5, 0.6) is 0 Å². The van der Waals surface area contributed by atoms with E-state index in [4.69, 9.17) is 10.8 Å². The third kappa shape index (κ3) is 3.53. The number of hydrogen-bond acceptors (Lipinski definition) is 4. The summed E-state index contributed by atoms with van der Waals surface area (Å²) in [4.78, 5) is 6.69. The van der Waals surface area contributed by atoms with E-state index in [1.165, 1.54) is 5.56 Å². The van der Waals surface area contributed by atoms with Crippen LogP contribution in [-0.4, -0.2) is 40.7 Å². The van der Waals surface area contributed by atoms with Gasteiger partial charge in [-0.15, -0.1) is 0 Å². The lowest BCUT2D eigenvalue weighted by molar-refractivity contribution is 0.193. The van der Waals surface area contributed by atoms with Gasteiger partial charge in [-0.3, -0.25) is 9.88 Å². The highest BCUT2D eigenvalue weighted by Crippen LogP contribution is 2.31. The van der Waals surface area contributed by atoms with E-state index in [0.29, 0.717) is 5.92 Å². The summed E-state index contributed by atoms with van der Waals surface area (Å²) in [6.07, 6.45) is 6.75.